The molecule has 17 heavy (non-hydrogen) atoms. The Hall–Kier alpha value is -0.300. The normalized spacial score (nSPS) is 12.6. The lowest BCUT2D eigenvalue weighted by Crippen LogP contribution is -2.36. The number of alkyl halides is 5. The van der Waals surface area contributed by atoms with Gasteiger partial charge in [-0.05, 0) is 34.1 Å². The predicted octanol–water partition coefficient (Wildman–Crippen LogP) is 4.84. The third-order valence-corrected chi connectivity index (χ3v) is 2.97. The molecule has 0 saturated carbocycles. The SMILES string of the molecule is FC(F)(Br)C(F)(F)CCOc1cccc(Br)c1. The van der Waals surface area contributed by atoms with Crippen molar-refractivity contribution < 1.29 is 22.3 Å². The molecular formula is C10H8Br2F4O. The average molecular weight is 380 g/mol. The average Bonchev–Trinajstić information content (AvgIpc) is 2.15. The van der Waals surface area contributed by atoms with Crippen molar-refractivity contribution in [3.05, 3.63) is 28.7 Å². The van der Waals surface area contributed by atoms with Crippen molar-refractivity contribution in [3.63, 3.8) is 0 Å². The highest BCUT2D eigenvalue weighted by Gasteiger charge is 2.53. The standard InChI is InChI=1S/C10H8Br2F4O/c11-7-2-1-3-8(6-7)17-5-4-9(13,14)10(12,15)16/h1-3,6H,4-5H2. The maximum Gasteiger partial charge on any atom is 0.363 e. The molecule has 0 aliphatic heterocycles. The number of ether oxygens (including phenoxy) is 1. The van der Waals surface area contributed by atoms with Crippen LogP contribution in [0.25, 0.3) is 0 Å². The first kappa shape index (κ1) is 14.8. The van der Waals surface area contributed by atoms with Crippen LogP contribution >= 0.6 is 31.9 Å². The minimum Gasteiger partial charge on any atom is -0.493 e. The van der Waals surface area contributed by atoms with Gasteiger partial charge in [-0.2, -0.15) is 17.6 Å². The Morgan fingerprint density at radius 2 is 1.82 bits per heavy atom. The molecule has 1 aromatic carbocycles. The summed E-state index contributed by atoms with van der Waals surface area (Å²) < 4.78 is 56.1. The molecule has 0 spiro atoms. The van der Waals surface area contributed by atoms with Crippen molar-refractivity contribution in [2.45, 2.75) is 17.2 Å². The predicted molar refractivity (Wildman–Crippen MR) is 63.1 cm³/mol. The van der Waals surface area contributed by atoms with Gasteiger partial charge in [0, 0.05) is 4.47 Å². The second-order valence-corrected chi connectivity index (χ2v) is 5.17. The summed E-state index contributed by atoms with van der Waals surface area (Å²) in [6, 6.07) is 6.49. The van der Waals surface area contributed by atoms with E-state index in [0.717, 1.165) is 0 Å². The van der Waals surface area contributed by atoms with Crippen LogP contribution in [0.3, 0.4) is 0 Å². The van der Waals surface area contributed by atoms with Gasteiger partial charge in [0.1, 0.15) is 5.75 Å². The Kier molecular flexibility index (Phi) is 4.83. The van der Waals surface area contributed by atoms with Crippen molar-refractivity contribution in [2.24, 2.45) is 0 Å². The Morgan fingerprint density at radius 1 is 1.18 bits per heavy atom. The van der Waals surface area contributed by atoms with Gasteiger partial charge in [0.2, 0.25) is 0 Å². The minimum atomic E-state index is -4.22. The summed E-state index contributed by atoms with van der Waals surface area (Å²) in [4.78, 5) is -4.22. The third-order valence-electron chi connectivity index (χ3n) is 1.90. The van der Waals surface area contributed by atoms with Gasteiger partial charge in [-0.15, -0.1) is 0 Å². The van der Waals surface area contributed by atoms with Crippen molar-refractivity contribution in [1.29, 1.82) is 0 Å². The maximum absolute atomic E-state index is 12.8. The largest absolute Gasteiger partial charge is 0.493 e. The van der Waals surface area contributed by atoms with Crippen molar-refractivity contribution in [1.82, 2.24) is 0 Å². The molecule has 96 valence electrons. The Morgan fingerprint density at radius 3 is 2.35 bits per heavy atom. The summed E-state index contributed by atoms with van der Waals surface area (Å²) in [5, 5.41) is 0. The minimum absolute atomic E-state index is 0.341. The molecular weight excluding hydrogens is 372 g/mol. The van der Waals surface area contributed by atoms with E-state index in [9.17, 15) is 17.6 Å². The number of hydrogen-bond donors (Lipinski definition) is 0. The summed E-state index contributed by atoms with van der Waals surface area (Å²) in [7, 11) is 0. The van der Waals surface area contributed by atoms with Crippen LogP contribution in [0.5, 0.6) is 5.75 Å². The molecule has 0 amide bonds. The van der Waals surface area contributed by atoms with Crippen molar-refractivity contribution in [2.75, 3.05) is 6.61 Å². The highest BCUT2D eigenvalue weighted by molar-refractivity contribution is 9.10. The highest BCUT2D eigenvalue weighted by atomic mass is 79.9. The van der Waals surface area contributed by atoms with Crippen LogP contribution in [-0.4, -0.2) is 17.4 Å². The zero-order valence-electron chi connectivity index (χ0n) is 8.40. The van der Waals surface area contributed by atoms with Gasteiger partial charge >= 0.3 is 10.8 Å². The van der Waals surface area contributed by atoms with Gasteiger partial charge in [0.15, 0.2) is 0 Å². The number of benzene rings is 1. The van der Waals surface area contributed by atoms with E-state index >= 15 is 0 Å². The van der Waals surface area contributed by atoms with Crippen LogP contribution in [0.2, 0.25) is 0 Å². The summed E-state index contributed by atoms with van der Waals surface area (Å²) in [6.45, 7) is -0.495. The first-order valence-electron chi connectivity index (χ1n) is 4.55. The first-order valence-corrected chi connectivity index (χ1v) is 6.14. The van der Waals surface area contributed by atoms with Gasteiger partial charge in [0.05, 0.1) is 13.0 Å². The summed E-state index contributed by atoms with van der Waals surface area (Å²) in [5.41, 5.74) is 0. The second kappa shape index (κ2) is 5.56. The van der Waals surface area contributed by atoms with Gasteiger partial charge in [-0.1, -0.05) is 22.0 Å². The molecule has 0 N–H and O–H groups in total. The Balaban J connectivity index is 2.48. The molecule has 1 rings (SSSR count). The molecule has 0 heterocycles. The molecule has 0 atom stereocenters. The monoisotopic (exact) mass is 378 g/mol. The Labute approximate surface area is 112 Å². The molecule has 0 aliphatic rings. The Bertz CT molecular complexity index is 379. The molecule has 0 fully saturated rings. The van der Waals surface area contributed by atoms with Crippen LogP contribution in [-0.2, 0) is 0 Å². The molecule has 1 aromatic rings. The topological polar surface area (TPSA) is 9.23 Å². The lowest BCUT2D eigenvalue weighted by atomic mass is 10.2. The van der Waals surface area contributed by atoms with Crippen LogP contribution < -0.4 is 4.74 Å². The highest BCUT2D eigenvalue weighted by Crippen LogP contribution is 2.41. The lowest BCUT2D eigenvalue weighted by Gasteiger charge is -2.21. The van der Waals surface area contributed by atoms with Crippen molar-refractivity contribution >= 4 is 31.9 Å². The van der Waals surface area contributed by atoms with E-state index in [1.807, 2.05) is 0 Å². The summed E-state index contributed by atoms with van der Waals surface area (Å²) in [5.74, 6) is -3.80. The summed E-state index contributed by atoms with van der Waals surface area (Å²) in [6.07, 6.45) is -1.07. The van der Waals surface area contributed by atoms with Crippen molar-refractivity contribution in [3.8, 4) is 5.75 Å². The molecule has 0 aromatic heterocycles. The molecule has 0 radical (unpaired) electrons. The van der Waals surface area contributed by atoms with Gasteiger partial charge < -0.3 is 4.74 Å². The lowest BCUT2D eigenvalue weighted by molar-refractivity contribution is -0.154. The summed E-state index contributed by atoms with van der Waals surface area (Å²) >= 11 is 4.82. The van der Waals surface area contributed by atoms with E-state index < -0.39 is 23.8 Å². The van der Waals surface area contributed by atoms with E-state index in [-0.39, 0.29) is 0 Å². The fourth-order valence-electron chi connectivity index (χ4n) is 0.996. The second-order valence-electron chi connectivity index (χ2n) is 3.26. The molecule has 0 bridgehead atoms. The zero-order chi connectivity index (χ0) is 13.1. The van der Waals surface area contributed by atoms with E-state index in [4.69, 9.17) is 4.74 Å². The van der Waals surface area contributed by atoms with Gasteiger partial charge in [-0.25, -0.2) is 0 Å². The van der Waals surface area contributed by atoms with E-state index in [1.54, 1.807) is 40.2 Å². The van der Waals surface area contributed by atoms with E-state index in [0.29, 0.717) is 10.2 Å². The fraction of sp³-hybridized carbons (Fsp3) is 0.400. The quantitative estimate of drug-likeness (QED) is 0.525. The third kappa shape index (κ3) is 4.46. The maximum atomic E-state index is 12.8. The molecule has 0 saturated heterocycles. The molecule has 0 aliphatic carbocycles. The van der Waals surface area contributed by atoms with Gasteiger partial charge in [-0.3, -0.25) is 0 Å². The van der Waals surface area contributed by atoms with Crippen LogP contribution in [0.4, 0.5) is 17.6 Å². The van der Waals surface area contributed by atoms with E-state index in [2.05, 4.69) is 15.9 Å². The number of halogens is 6. The van der Waals surface area contributed by atoms with Crippen LogP contribution in [0.1, 0.15) is 6.42 Å². The van der Waals surface area contributed by atoms with E-state index in [1.165, 1.54) is 0 Å². The molecule has 0 unspecified atom stereocenters. The first-order chi connectivity index (χ1) is 7.72. The zero-order valence-corrected chi connectivity index (χ0v) is 11.6. The van der Waals surface area contributed by atoms with Crippen LogP contribution in [0, 0.1) is 0 Å². The van der Waals surface area contributed by atoms with Gasteiger partial charge in [0.25, 0.3) is 0 Å². The molecule has 1 nitrogen and oxygen atoms in total. The fourth-order valence-corrected chi connectivity index (χ4v) is 1.57. The smallest absolute Gasteiger partial charge is 0.363 e. The van der Waals surface area contributed by atoms with Crippen LogP contribution in [0.15, 0.2) is 28.7 Å². The number of rotatable bonds is 5. The number of hydrogen-bond acceptors (Lipinski definition) is 1. The molecule has 7 heteroatoms.